The number of aliphatic hydroxyl groups excluding tert-OH is 5. The lowest BCUT2D eigenvalue weighted by molar-refractivity contribution is -0.305. The van der Waals surface area contributed by atoms with Gasteiger partial charge in [0.1, 0.15) is 24.4 Å². The van der Waals surface area contributed by atoms with Crippen molar-refractivity contribution in [2.45, 2.75) is 275 Å². The number of carbonyl (C=O) groups excluding carboxylic acids is 2. The number of amides is 1. The van der Waals surface area contributed by atoms with Crippen molar-refractivity contribution in [3.8, 4) is 0 Å². The third-order valence-corrected chi connectivity index (χ3v) is 13.2. The van der Waals surface area contributed by atoms with Gasteiger partial charge in [-0.1, -0.05) is 214 Å². The number of allylic oxidation sites excluding steroid dienone is 15. The zero-order valence-corrected chi connectivity index (χ0v) is 46.7. The molecule has 1 fully saturated rings. The number of aliphatic hydroxyl groups is 5. The van der Waals surface area contributed by atoms with Crippen LogP contribution in [0.5, 0.6) is 0 Å². The van der Waals surface area contributed by atoms with Crippen LogP contribution >= 0.6 is 0 Å². The summed E-state index contributed by atoms with van der Waals surface area (Å²) in [5.74, 6) is -1.26. The van der Waals surface area contributed by atoms with Crippen molar-refractivity contribution in [1.29, 1.82) is 0 Å². The van der Waals surface area contributed by atoms with Gasteiger partial charge < -0.3 is 45.1 Å². The van der Waals surface area contributed by atoms with Crippen molar-refractivity contribution in [3.63, 3.8) is 0 Å². The van der Waals surface area contributed by atoms with Gasteiger partial charge in [-0.2, -0.15) is 0 Å². The SMILES string of the molecule is CC/C=C\C/C=C\C/C=C\C/C=C\C/C=C\C/C=C\CCCC(O)C(=O)NC(COC1OC(CO)C(O)C(O)C1OC(=O)CCCCC/C=C\CCCCCCCC)C(O)/C=C/CCCCCCCCCCCC. The van der Waals surface area contributed by atoms with Gasteiger partial charge >= 0.3 is 5.97 Å². The van der Waals surface area contributed by atoms with E-state index in [1.807, 2.05) is 12.2 Å². The van der Waals surface area contributed by atoms with Gasteiger partial charge in [0.15, 0.2) is 12.4 Å². The molecule has 1 saturated heterocycles. The second kappa shape index (κ2) is 50.4. The molecule has 6 N–H and O–H groups in total. The molecule has 8 atom stereocenters. The average molecular weight is 1040 g/mol. The highest BCUT2D eigenvalue weighted by atomic mass is 16.7. The molecule has 1 rings (SSSR count). The van der Waals surface area contributed by atoms with Crippen LogP contribution in [0.15, 0.2) is 97.2 Å². The molecule has 1 aliphatic heterocycles. The van der Waals surface area contributed by atoms with Gasteiger partial charge in [0.25, 0.3) is 0 Å². The lowest BCUT2D eigenvalue weighted by atomic mass is 9.99. The normalized spacial score (nSPS) is 20.0. The van der Waals surface area contributed by atoms with E-state index in [2.05, 4.69) is 105 Å². The second-order valence-corrected chi connectivity index (χ2v) is 20.0. The van der Waals surface area contributed by atoms with Crippen molar-refractivity contribution in [1.82, 2.24) is 5.32 Å². The first kappa shape index (κ1) is 68.6. The zero-order chi connectivity index (χ0) is 54.0. The highest BCUT2D eigenvalue weighted by molar-refractivity contribution is 5.80. The molecule has 0 saturated carbocycles. The molecule has 8 unspecified atom stereocenters. The topological polar surface area (TPSA) is 175 Å². The van der Waals surface area contributed by atoms with Gasteiger partial charge in [-0.25, -0.2) is 0 Å². The predicted molar refractivity (Wildman–Crippen MR) is 305 cm³/mol. The zero-order valence-electron chi connectivity index (χ0n) is 46.7. The van der Waals surface area contributed by atoms with Gasteiger partial charge in [-0.05, 0) is 103 Å². The number of carbonyl (C=O) groups is 2. The Morgan fingerprint density at radius 3 is 1.47 bits per heavy atom. The standard InChI is InChI=1S/C63H107NO10/c1-4-7-10-13-16-19-22-25-26-27-28-29-30-31-33-35-38-41-44-47-50-56(67)62(71)64-54(55(66)49-46-43-40-37-34-24-21-18-15-12-9-6-3)53-72-63-61(60(70)59(69)57(52-65)73-63)74-58(68)51-48-45-42-39-36-32-23-20-17-14-11-8-5-2/h7,10,16,19,25-26,28-29,31-33,36,38,41,46,49,54-57,59-61,63,65-67,69-70H,4-6,8-9,11-15,17-18,20-24,27,30,34-35,37,39-40,42-45,47-48,50-53H2,1-3H3,(H,64,71)/b10-7-,19-16-,26-25-,29-28-,33-31-,36-32-,41-38-,49-46+. The van der Waals surface area contributed by atoms with Crippen LogP contribution in [-0.2, 0) is 23.8 Å². The number of hydrogen-bond acceptors (Lipinski definition) is 10. The Balaban J connectivity index is 2.77. The Kier molecular flexibility index (Phi) is 46.7. The van der Waals surface area contributed by atoms with E-state index in [4.69, 9.17) is 14.2 Å². The second-order valence-electron chi connectivity index (χ2n) is 20.0. The molecule has 424 valence electrons. The maximum Gasteiger partial charge on any atom is 0.306 e. The van der Waals surface area contributed by atoms with E-state index >= 15 is 0 Å². The van der Waals surface area contributed by atoms with Crippen molar-refractivity contribution in [3.05, 3.63) is 97.2 Å². The average Bonchev–Trinajstić information content (AvgIpc) is 3.40. The minimum atomic E-state index is -1.63. The summed E-state index contributed by atoms with van der Waals surface area (Å²) in [6.07, 6.45) is 56.0. The molecular formula is C63H107NO10. The molecule has 1 aliphatic rings. The van der Waals surface area contributed by atoms with Crippen LogP contribution in [0.4, 0.5) is 0 Å². The Bertz CT molecular complexity index is 1570. The number of ether oxygens (including phenoxy) is 3. The molecule has 0 spiro atoms. The van der Waals surface area contributed by atoms with Crippen LogP contribution in [-0.4, -0.2) is 99.6 Å². The Morgan fingerprint density at radius 2 is 0.973 bits per heavy atom. The summed E-state index contributed by atoms with van der Waals surface area (Å²) in [4.78, 5) is 26.4. The maximum absolute atomic E-state index is 13.4. The van der Waals surface area contributed by atoms with Gasteiger partial charge in [0.2, 0.25) is 5.91 Å². The fourth-order valence-electron chi connectivity index (χ4n) is 8.54. The first-order valence-corrected chi connectivity index (χ1v) is 29.5. The third-order valence-electron chi connectivity index (χ3n) is 13.2. The van der Waals surface area contributed by atoms with E-state index in [0.29, 0.717) is 19.3 Å². The van der Waals surface area contributed by atoms with Crippen LogP contribution < -0.4 is 5.32 Å². The monoisotopic (exact) mass is 1040 g/mol. The molecule has 1 amide bonds. The van der Waals surface area contributed by atoms with Crippen molar-refractivity contribution in [2.75, 3.05) is 13.2 Å². The summed E-state index contributed by atoms with van der Waals surface area (Å²) in [5, 5.41) is 56.8. The van der Waals surface area contributed by atoms with Gasteiger partial charge in [-0.3, -0.25) is 9.59 Å². The summed E-state index contributed by atoms with van der Waals surface area (Å²) in [7, 11) is 0. The maximum atomic E-state index is 13.4. The summed E-state index contributed by atoms with van der Waals surface area (Å²) in [6.45, 7) is 5.61. The van der Waals surface area contributed by atoms with E-state index in [9.17, 15) is 35.1 Å². The summed E-state index contributed by atoms with van der Waals surface area (Å²) in [5.41, 5.74) is 0. The number of rotatable bonds is 48. The van der Waals surface area contributed by atoms with Crippen molar-refractivity contribution < 1.29 is 49.3 Å². The van der Waals surface area contributed by atoms with Gasteiger partial charge in [0, 0.05) is 6.42 Å². The Labute approximate surface area is 450 Å². The third kappa shape index (κ3) is 38.2. The molecule has 0 bridgehead atoms. The molecular weight excluding hydrogens is 931 g/mol. The Morgan fingerprint density at radius 1 is 0.541 bits per heavy atom. The van der Waals surface area contributed by atoms with Gasteiger partial charge in [0.05, 0.1) is 25.4 Å². The molecule has 74 heavy (non-hydrogen) atoms. The van der Waals surface area contributed by atoms with Crippen LogP contribution in [0.1, 0.15) is 226 Å². The lowest BCUT2D eigenvalue weighted by Crippen LogP contribution is -2.61. The van der Waals surface area contributed by atoms with Crippen LogP contribution in [0, 0.1) is 0 Å². The number of nitrogens with one attached hydrogen (secondary N) is 1. The quantitative estimate of drug-likeness (QED) is 0.0195. The van der Waals surface area contributed by atoms with Gasteiger partial charge in [-0.15, -0.1) is 0 Å². The lowest BCUT2D eigenvalue weighted by Gasteiger charge is -2.41. The number of hydrogen-bond donors (Lipinski definition) is 6. The predicted octanol–water partition coefficient (Wildman–Crippen LogP) is 13.6. The van der Waals surface area contributed by atoms with E-state index in [1.165, 1.54) is 83.5 Å². The molecule has 11 heteroatoms. The molecule has 0 aromatic rings. The summed E-state index contributed by atoms with van der Waals surface area (Å²) in [6, 6.07) is -1.05. The summed E-state index contributed by atoms with van der Waals surface area (Å²) >= 11 is 0. The van der Waals surface area contributed by atoms with Crippen LogP contribution in [0.25, 0.3) is 0 Å². The summed E-state index contributed by atoms with van der Waals surface area (Å²) < 4.78 is 17.5. The molecule has 11 nitrogen and oxygen atoms in total. The molecule has 0 radical (unpaired) electrons. The first-order valence-electron chi connectivity index (χ1n) is 29.5. The largest absolute Gasteiger partial charge is 0.454 e. The number of esters is 1. The van der Waals surface area contributed by atoms with E-state index < -0.39 is 67.4 Å². The molecule has 0 aromatic carbocycles. The Hall–Kier alpha value is -3.42. The minimum Gasteiger partial charge on any atom is -0.454 e. The molecule has 1 heterocycles. The van der Waals surface area contributed by atoms with Crippen LogP contribution in [0.2, 0.25) is 0 Å². The van der Waals surface area contributed by atoms with Crippen LogP contribution in [0.3, 0.4) is 0 Å². The van der Waals surface area contributed by atoms with E-state index in [-0.39, 0.29) is 19.4 Å². The van der Waals surface area contributed by atoms with Crippen molar-refractivity contribution >= 4 is 11.9 Å². The highest BCUT2D eigenvalue weighted by Gasteiger charge is 2.47. The van der Waals surface area contributed by atoms with Crippen molar-refractivity contribution in [2.24, 2.45) is 0 Å². The molecule has 0 aliphatic carbocycles. The fraction of sp³-hybridized carbons (Fsp3) is 0.714. The minimum absolute atomic E-state index is 0.0934. The van der Waals surface area contributed by atoms with E-state index in [0.717, 1.165) is 89.9 Å². The first-order chi connectivity index (χ1) is 36.2. The van der Waals surface area contributed by atoms with E-state index in [1.54, 1.807) is 6.08 Å². The highest BCUT2D eigenvalue weighted by Crippen LogP contribution is 2.26. The molecule has 0 aromatic heterocycles. The smallest absolute Gasteiger partial charge is 0.306 e. The number of unbranched alkanes of at least 4 members (excludes halogenated alkanes) is 20. The fourth-order valence-corrected chi connectivity index (χ4v) is 8.54.